The molecule has 0 saturated heterocycles. The molecule has 1 aliphatic rings. The maximum Gasteiger partial charge on any atom is 0.270 e. The molecule has 0 aliphatic heterocycles. The summed E-state index contributed by atoms with van der Waals surface area (Å²) in [6.45, 7) is 0. The van der Waals surface area contributed by atoms with E-state index in [0.29, 0.717) is 11.5 Å². The van der Waals surface area contributed by atoms with Gasteiger partial charge in [0.2, 0.25) is 0 Å². The number of hydrogen-bond acceptors (Lipinski definition) is 6. The second-order valence-electron chi connectivity index (χ2n) is 5.69. The van der Waals surface area contributed by atoms with Gasteiger partial charge in [0.25, 0.3) is 11.4 Å². The number of halogens is 1. The van der Waals surface area contributed by atoms with Crippen molar-refractivity contribution in [2.45, 2.75) is 31.2 Å². The molecule has 0 amide bonds. The van der Waals surface area contributed by atoms with Crippen LogP contribution in [0.4, 0.5) is 0 Å². The summed E-state index contributed by atoms with van der Waals surface area (Å²) < 4.78 is 6.71. The Morgan fingerprint density at radius 1 is 1.26 bits per heavy atom. The predicted molar refractivity (Wildman–Crippen MR) is 86.3 cm³/mol. The van der Waals surface area contributed by atoms with E-state index in [4.69, 9.17) is 10.3 Å². The SMILES string of the molecule is Cl.NC1(c2noc(-c3cnc4ccccn4c3=O)n2)CCCC1. The Labute approximate surface area is 137 Å². The number of hydrogen-bond donors (Lipinski definition) is 1. The lowest BCUT2D eigenvalue weighted by molar-refractivity contribution is 0.372. The zero-order valence-corrected chi connectivity index (χ0v) is 13.1. The maximum atomic E-state index is 12.5. The van der Waals surface area contributed by atoms with Gasteiger partial charge in [-0.2, -0.15) is 4.98 Å². The number of fused-ring (bicyclic) bond motifs is 1. The molecule has 3 heterocycles. The van der Waals surface area contributed by atoms with Crippen LogP contribution in [0.3, 0.4) is 0 Å². The first kappa shape index (κ1) is 15.6. The third-order valence-electron chi connectivity index (χ3n) is 4.21. The van der Waals surface area contributed by atoms with E-state index in [9.17, 15) is 4.79 Å². The molecule has 0 unspecified atom stereocenters. The highest BCUT2D eigenvalue weighted by molar-refractivity contribution is 5.85. The molecule has 3 aromatic rings. The minimum absolute atomic E-state index is 0. The normalized spacial score (nSPS) is 16.4. The second-order valence-corrected chi connectivity index (χ2v) is 5.69. The first-order chi connectivity index (χ1) is 10.7. The van der Waals surface area contributed by atoms with Gasteiger partial charge in [-0.15, -0.1) is 12.4 Å². The molecule has 0 spiro atoms. The Bertz CT molecular complexity index is 898. The van der Waals surface area contributed by atoms with Crippen molar-refractivity contribution in [3.05, 3.63) is 46.8 Å². The van der Waals surface area contributed by atoms with E-state index >= 15 is 0 Å². The zero-order chi connectivity index (χ0) is 15.2. The average Bonchev–Trinajstić information content (AvgIpc) is 3.18. The number of pyridine rings is 1. The van der Waals surface area contributed by atoms with Crippen molar-refractivity contribution in [1.82, 2.24) is 19.5 Å². The van der Waals surface area contributed by atoms with E-state index in [2.05, 4.69) is 15.1 Å². The Morgan fingerprint density at radius 2 is 2.04 bits per heavy atom. The molecular formula is C15H16ClN5O2. The highest BCUT2D eigenvalue weighted by atomic mass is 35.5. The van der Waals surface area contributed by atoms with Crippen molar-refractivity contribution in [2.24, 2.45) is 5.73 Å². The van der Waals surface area contributed by atoms with E-state index < -0.39 is 5.54 Å². The number of nitrogens with zero attached hydrogens (tertiary/aromatic N) is 4. The fourth-order valence-electron chi connectivity index (χ4n) is 2.94. The van der Waals surface area contributed by atoms with Crippen molar-refractivity contribution in [3.63, 3.8) is 0 Å². The summed E-state index contributed by atoms with van der Waals surface area (Å²) in [5, 5.41) is 3.98. The van der Waals surface area contributed by atoms with Gasteiger partial charge in [0.05, 0.1) is 5.54 Å². The van der Waals surface area contributed by atoms with Crippen LogP contribution in [0.5, 0.6) is 0 Å². The largest absolute Gasteiger partial charge is 0.334 e. The molecule has 3 aromatic heterocycles. The third kappa shape index (κ3) is 2.51. The molecule has 120 valence electrons. The Kier molecular flexibility index (Phi) is 3.91. The topological polar surface area (TPSA) is 99.3 Å². The molecule has 8 heteroatoms. The van der Waals surface area contributed by atoms with Gasteiger partial charge in [0, 0.05) is 12.4 Å². The van der Waals surface area contributed by atoms with Crippen molar-refractivity contribution in [3.8, 4) is 11.5 Å². The smallest absolute Gasteiger partial charge is 0.270 e. The molecule has 1 fully saturated rings. The summed E-state index contributed by atoms with van der Waals surface area (Å²) in [7, 11) is 0. The van der Waals surface area contributed by atoms with E-state index in [0.717, 1.165) is 25.7 Å². The van der Waals surface area contributed by atoms with Crippen molar-refractivity contribution in [2.75, 3.05) is 0 Å². The zero-order valence-electron chi connectivity index (χ0n) is 12.3. The fraction of sp³-hybridized carbons (Fsp3) is 0.333. The van der Waals surface area contributed by atoms with Crippen LogP contribution in [-0.4, -0.2) is 19.5 Å². The van der Waals surface area contributed by atoms with Gasteiger partial charge in [-0.25, -0.2) is 4.98 Å². The summed E-state index contributed by atoms with van der Waals surface area (Å²) in [5.41, 5.74) is 6.39. The molecule has 4 rings (SSSR count). The summed E-state index contributed by atoms with van der Waals surface area (Å²) in [4.78, 5) is 21.1. The van der Waals surface area contributed by atoms with Crippen LogP contribution in [0, 0.1) is 0 Å². The lowest BCUT2D eigenvalue weighted by atomic mass is 9.99. The quantitative estimate of drug-likeness (QED) is 0.768. The number of nitrogens with two attached hydrogens (primary N) is 1. The maximum absolute atomic E-state index is 12.5. The van der Waals surface area contributed by atoms with Crippen LogP contribution < -0.4 is 11.3 Å². The molecule has 0 atom stereocenters. The minimum atomic E-state index is -0.539. The van der Waals surface area contributed by atoms with E-state index in [1.165, 1.54) is 10.6 Å². The van der Waals surface area contributed by atoms with Gasteiger partial charge < -0.3 is 10.3 Å². The molecule has 2 N–H and O–H groups in total. The standard InChI is InChI=1S/C15H15N5O2.ClH/c16-15(6-2-3-7-15)14-18-12(22-19-14)10-9-17-11-5-1-4-8-20(11)13(10)21;/h1,4-5,8-9H,2-3,6-7,16H2;1H. The van der Waals surface area contributed by atoms with Crippen LogP contribution in [0.25, 0.3) is 17.1 Å². The average molecular weight is 334 g/mol. The van der Waals surface area contributed by atoms with Gasteiger partial charge in [0.1, 0.15) is 11.2 Å². The van der Waals surface area contributed by atoms with Crippen LogP contribution in [-0.2, 0) is 5.54 Å². The van der Waals surface area contributed by atoms with Crippen molar-refractivity contribution in [1.29, 1.82) is 0 Å². The molecule has 7 nitrogen and oxygen atoms in total. The highest BCUT2D eigenvalue weighted by Gasteiger charge is 2.36. The van der Waals surface area contributed by atoms with E-state index in [1.807, 2.05) is 6.07 Å². The minimum Gasteiger partial charge on any atom is -0.334 e. The van der Waals surface area contributed by atoms with Crippen LogP contribution in [0.2, 0.25) is 0 Å². The molecule has 1 saturated carbocycles. The molecule has 0 radical (unpaired) electrons. The van der Waals surface area contributed by atoms with Crippen molar-refractivity contribution >= 4 is 18.1 Å². The molecule has 0 bridgehead atoms. The summed E-state index contributed by atoms with van der Waals surface area (Å²) in [6.07, 6.45) is 6.91. The number of rotatable bonds is 2. The van der Waals surface area contributed by atoms with Gasteiger partial charge in [-0.3, -0.25) is 9.20 Å². The monoisotopic (exact) mass is 333 g/mol. The summed E-state index contributed by atoms with van der Waals surface area (Å²) >= 11 is 0. The molecule has 1 aliphatic carbocycles. The van der Waals surface area contributed by atoms with Gasteiger partial charge in [0.15, 0.2) is 5.82 Å². The van der Waals surface area contributed by atoms with Crippen molar-refractivity contribution < 1.29 is 4.52 Å². The van der Waals surface area contributed by atoms with E-state index in [-0.39, 0.29) is 29.4 Å². The Hall–Kier alpha value is -2.25. The molecular weight excluding hydrogens is 318 g/mol. The van der Waals surface area contributed by atoms with Gasteiger partial charge in [-0.1, -0.05) is 24.1 Å². The van der Waals surface area contributed by atoms with Crippen LogP contribution in [0.15, 0.2) is 39.9 Å². The van der Waals surface area contributed by atoms with E-state index in [1.54, 1.807) is 18.3 Å². The Balaban J connectivity index is 0.00000156. The molecule has 23 heavy (non-hydrogen) atoms. The molecule has 0 aromatic carbocycles. The summed E-state index contributed by atoms with van der Waals surface area (Å²) in [5.74, 6) is 0.639. The lowest BCUT2D eigenvalue weighted by Gasteiger charge is -2.17. The number of aromatic nitrogens is 4. The highest BCUT2D eigenvalue weighted by Crippen LogP contribution is 2.35. The van der Waals surface area contributed by atoms with Gasteiger partial charge >= 0.3 is 0 Å². The second kappa shape index (κ2) is 5.75. The fourth-order valence-corrected chi connectivity index (χ4v) is 2.94. The predicted octanol–water partition coefficient (Wildman–Crippen LogP) is 1.89. The van der Waals surface area contributed by atoms with Crippen LogP contribution in [0.1, 0.15) is 31.5 Å². The van der Waals surface area contributed by atoms with Gasteiger partial charge in [-0.05, 0) is 25.0 Å². The lowest BCUT2D eigenvalue weighted by Crippen LogP contribution is -2.34. The van der Waals surface area contributed by atoms with Crippen LogP contribution >= 0.6 is 12.4 Å². The first-order valence-electron chi connectivity index (χ1n) is 7.27. The summed E-state index contributed by atoms with van der Waals surface area (Å²) in [6, 6.07) is 5.36. The third-order valence-corrected chi connectivity index (χ3v) is 4.21. The first-order valence-corrected chi connectivity index (χ1v) is 7.27. The Morgan fingerprint density at radius 3 is 2.83 bits per heavy atom.